The van der Waals surface area contributed by atoms with Gasteiger partial charge in [-0.2, -0.15) is 4.39 Å². The summed E-state index contributed by atoms with van der Waals surface area (Å²) in [6, 6.07) is 21.7. The van der Waals surface area contributed by atoms with E-state index in [0.29, 0.717) is 30.6 Å². The minimum absolute atomic E-state index is 0.0322. The minimum Gasteiger partial charge on any atom is -0.490 e. The van der Waals surface area contributed by atoms with E-state index in [-0.39, 0.29) is 23.7 Å². The predicted molar refractivity (Wildman–Crippen MR) is 148 cm³/mol. The van der Waals surface area contributed by atoms with Gasteiger partial charge in [0, 0.05) is 5.56 Å². The highest BCUT2D eigenvalue weighted by Gasteiger charge is 2.17. The molecule has 0 heterocycles. The van der Waals surface area contributed by atoms with Crippen molar-refractivity contribution in [3.8, 4) is 33.8 Å². The van der Waals surface area contributed by atoms with E-state index in [1.807, 2.05) is 19.1 Å². The van der Waals surface area contributed by atoms with Gasteiger partial charge in [-0.3, -0.25) is 0 Å². The fourth-order valence-corrected chi connectivity index (χ4v) is 4.20. The van der Waals surface area contributed by atoms with Gasteiger partial charge >= 0.3 is 0 Å². The molecule has 1 N–H and O–H groups in total. The number of aliphatic hydroxyl groups excluding tert-OH is 1. The van der Waals surface area contributed by atoms with E-state index >= 15 is 0 Å². The Morgan fingerprint density at radius 2 is 1.46 bits per heavy atom. The summed E-state index contributed by atoms with van der Waals surface area (Å²) in [7, 11) is 0. The lowest BCUT2D eigenvalue weighted by atomic mass is 9.99. The third-order valence-corrected chi connectivity index (χ3v) is 6.41. The van der Waals surface area contributed by atoms with Gasteiger partial charge in [0.1, 0.15) is 6.61 Å². The smallest absolute Gasteiger partial charge is 0.201 e. The van der Waals surface area contributed by atoms with Crippen LogP contribution in [-0.2, 0) is 6.61 Å². The Bertz CT molecular complexity index is 1400. The molecule has 1 atom stereocenters. The first-order valence-corrected chi connectivity index (χ1v) is 12.9. The summed E-state index contributed by atoms with van der Waals surface area (Å²) in [6.45, 7) is 5.99. The first-order chi connectivity index (χ1) is 18.9. The highest BCUT2D eigenvalue weighted by Crippen LogP contribution is 2.32. The van der Waals surface area contributed by atoms with Crippen molar-refractivity contribution in [2.75, 3.05) is 6.61 Å². The molecule has 202 valence electrons. The predicted octanol–water partition coefficient (Wildman–Crippen LogP) is 8.81. The Hall–Kier alpha value is -4.03. The summed E-state index contributed by atoms with van der Waals surface area (Å²) in [5.41, 5.74) is 3.59. The van der Waals surface area contributed by atoms with Crippen LogP contribution >= 0.6 is 0 Å². The first kappa shape index (κ1) is 28.0. The van der Waals surface area contributed by atoms with E-state index in [4.69, 9.17) is 9.47 Å². The van der Waals surface area contributed by atoms with Crippen LogP contribution in [0.25, 0.3) is 22.3 Å². The monoisotopic (exact) mass is 532 g/mol. The van der Waals surface area contributed by atoms with Gasteiger partial charge in [-0.15, -0.1) is 6.58 Å². The molecule has 0 fully saturated rings. The number of halogens is 3. The van der Waals surface area contributed by atoms with E-state index in [1.54, 1.807) is 54.6 Å². The van der Waals surface area contributed by atoms with Crippen LogP contribution in [-0.4, -0.2) is 11.7 Å². The maximum absolute atomic E-state index is 14.9. The Morgan fingerprint density at radius 3 is 2.13 bits per heavy atom. The highest BCUT2D eigenvalue weighted by molar-refractivity contribution is 5.66. The van der Waals surface area contributed by atoms with Crippen LogP contribution in [0.1, 0.15) is 43.4 Å². The molecule has 4 aromatic rings. The zero-order valence-corrected chi connectivity index (χ0v) is 21.8. The summed E-state index contributed by atoms with van der Waals surface area (Å²) in [5.74, 6) is -2.51. The highest BCUT2D eigenvalue weighted by atomic mass is 19.2. The summed E-state index contributed by atoms with van der Waals surface area (Å²) < 4.78 is 55.1. The fraction of sp³-hybridized carbons (Fsp3) is 0.212. The van der Waals surface area contributed by atoms with Gasteiger partial charge in [-0.1, -0.05) is 74.0 Å². The lowest BCUT2D eigenvalue weighted by Crippen LogP contribution is -2.01. The summed E-state index contributed by atoms with van der Waals surface area (Å²) in [5, 5.41) is 10.1. The van der Waals surface area contributed by atoms with Crippen LogP contribution in [0.3, 0.4) is 0 Å². The topological polar surface area (TPSA) is 38.7 Å². The number of hydrogen-bond acceptors (Lipinski definition) is 3. The normalized spacial score (nSPS) is 11.7. The van der Waals surface area contributed by atoms with Crippen molar-refractivity contribution < 1.29 is 27.8 Å². The largest absolute Gasteiger partial charge is 0.490 e. The van der Waals surface area contributed by atoms with Gasteiger partial charge in [0.05, 0.1) is 12.7 Å². The molecule has 6 heteroatoms. The molecule has 0 aromatic heterocycles. The quantitative estimate of drug-likeness (QED) is 0.146. The summed E-state index contributed by atoms with van der Waals surface area (Å²) >= 11 is 0. The lowest BCUT2D eigenvalue weighted by molar-refractivity contribution is 0.166. The van der Waals surface area contributed by atoms with Crippen LogP contribution in [0.5, 0.6) is 11.5 Å². The summed E-state index contributed by atoms with van der Waals surface area (Å²) in [4.78, 5) is 0. The molecule has 0 saturated heterocycles. The van der Waals surface area contributed by atoms with Gasteiger partial charge < -0.3 is 14.6 Å². The van der Waals surface area contributed by atoms with Crippen LogP contribution in [0.15, 0.2) is 91.5 Å². The van der Waals surface area contributed by atoms with Crippen molar-refractivity contribution in [3.05, 3.63) is 120 Å². The number of aliphatic hydroxyl groups is 1. The summed E-state index contributed by atoms with van der Waals surface area (Å²) in [6.07, 6.45) is 3.23. The van der Waals surface area contributed by atoms with Crippen molar-refractivity contribution >= 4 is 0 Å². The molecule has 3 nitrogen and oxygen atoms in total. The number of ether oxygens (including phenoxy) is 2. The van der Waals surface area contributed by atoms with Crippen LogP contribution in [0.2, 0.25) is 0 Å². The lowest BCUT2D eigenvalue weighted by Gasteiger charge is -2.13. The fourth-order valence-electron chi connectivity index (χ4n) is 4.20. The van der Waals surface area contributed by atoms with E-state index < -0.39 is 23.6 Å². The van der Waals surface area contributed by atoms with Gasteiger partial charge in [0.15, 0.2) is 23.1 Å². The molecule has 4 aromatic carbocycles. The number of hydrogen-bond donors (Lipinski definition) is 1. The van der Waals surface area contributed by atoms with Crippen LogP contribution in [0, 0.1) is 17.5 Å². The third-order valence-electron chi connectivity index (χ3n) is 6.41. The molecule has 0 aliphatic carbocycles. The molecular weight excluding hydrogens is 501 g/mol. The van der Waals surface area contributed by atoms with Crippen LogP contribution < -0.4 is 9.47 Å². The second-order valence-electron chi connectivity index (χ2n) is 9.22. The maximum Gasteiger partial charge on any atom is 0.201 e. The first-order valence-electron chi connectivity index (χ1n) is 12.9. The Balaban J connectivity index is 1.40. The Kier molecular flexibility index (Phi) is 9.45. The van der Waals surface area contributed by atoms with Crippen molar-refractivity contribution in [3.63, 3.8) is 0 Å². The average molecular weight is 533 g/mol. The zero-order chi connectivity index (χ0) is 27.8. The Labute approximate surface area is 227 Å². The molecule has 0 radical (unpaired) electrons. The molecule has 0 aliphatic rings. The van der Waals surface area contributed by atoms with Crippen molar-refractivity contribution in [2.24, 2.45) is 0 Å². The molecule has 0 saturated carbocycles. The van der Waals surface area contributed by atoms with Gasteiger partial charge in [0.2, 0.25) is 5.82 Å². The number of benzene rings is 4. The third kappa shape index (κ3) is 6.89. The SMILES string of the molecule is C=CCCOc1ccc(-c2ccc(COc3ccc(-c4ccc(C(O)CCC)cc4)c(F)c3F)cc2)cc1F. The molecule has 4 rings (SSSR count). The van der Waals surface area contributed by atoms with E-state index in [2.05, 4.69) is 6.58 Å². The molecule has 39 heavy (non-hydrogen) atoms. The molecule has 1 unspecified atom stereocenters. The van der Waals surface area contributed by atoms with Gasteiger partial charge in [0.25, 0.3) is 0 Å². The second kappa shape index (κ2) is 13.2. The van der Waals surface area contributed by atoms with Gasteiger partial charge in [-0.25, -0.2) is 8.78 Å². The van der Waals surface area contributed by atoms with Crippen LogP contribution in [0.4, 0.5) is 13.2 Å². The molecule has 0 amide bonds. The van der Waals surface area contributed by atoms with Crippen molar-refractivity contribution in [1.29, 1.82) is 0 Å². The molecule has 0 bridgehead atoms. The average Bonchev–Trinajstić information content (AvgIpc) is 2.95. The van der Waals surface area contributed by atoms with E-state index in [1.165, 1.54) is 18.2 Å². The number of rotatable bonds is 12. The molecule has 0 spiro atoms. The van der Waals surface area contributed by atoms with Crippen molar-refractivity contribution in [1.82, 2.24) is 0 Å². The minimum atomic E-state index is -1.06. The maximum atomic E-state index is 14.9. The standard InChI is InChI=1S/C33H31F3O3/c1-3-5-19-38-30-17-15-26(20-28(30)34)23-9-7-22(8-10-23)21-39-31-18-16-27(32(35)33(31)36)24-11-13-25(14-12-24)29(37)6-4-2/h3,7-18,20,29,37H,1,4-6,19,21H2,2H3. The van der Waals surface area contributed by atoms with Gasteiger partial charge in [-0.05, 0) is 64.9 Å². The van der Waals surface area contributed by atoms with Crippen molar-refractivity contribution in [2.45, 2.75) is 38.9 Å². The molecule has 0 aliphatic heterocycles. The Morgan fingerprint density at radius 1 is 0.795 bits per heavy atom. The zero-order valence-electron chi connectivity index (χ0n) is 21.8. The van der Waals surface area contributed by atoms with E-state index in [9.17, 15) is 18.3 Å². The molecular formula is C33H31F3O3. The second-order valence-corrected chi connectivity index (χ2v) is 9.22. The van der Waals surface area contributed by atoms with E-state index in [0.717, 1.165) is 23.1 Å².